The molecule has 0 heterocycles. The highest BCUT2D eigenvalue weighted by Crippen LogP contribution is 2.24. The standard InChI is InChI=1S/C16H16FNO3/c1-10-7-15(13(17)8-14(10)18)21-9-11-3-5-12(6-4-11)16(19)20-2/h3-8H,9,18H2,1-2H3. The smallest absolute Gasteiger partial charge is 0.337 e. The molecule has 5 heteroatoms. The van der Waals surface area contributed by atoms with E-state index in [4.69, 9.17) is 10.5 Å². The van der Waals surface area contributed by atoms with Crippen LogP contribution < -0.4 is 10.5 Å². The molecule has 0 aliphatic carbocycles. The van der Waals surface area contributed by atoms with Gasteiger partial charge in [0, 0.05) is 11.8 Å². The molecule has 21 heavy (non-hydrogen) atoms. The van der Waals surface area contributed by atoms with E-state index >= 15 is 0 Å². The van der Waals surface area contributed by atoms with Gasteiger partial charge in [0.25, 0.3) is 0 Å². The van der Waals surface area contributed by atoms with E-state index < -0.39 is 11.8 Å². The zero-order valence-corrected chi connectivity index (χ0v) is 11.9. The number of carbonyl (C=O) groups is 1. The van der Waals surface area contributed by atoms with Crippen LogP contribution in [0.3, 0.4) is 0 Å². The molecule has 2 N–H and O–H groups in total. The Labute approximate surface area is 122 Å². The van der Waals surface area contributed by atoms with Crippen LogP contribution in [0.1, 0.15) is 21.5 Å². The van der Waals surface area contributed by atoms with Crippen LogP contribution in [-0.4, -0.2) is 13.1 Å². The zero-order chi connectivity index (χ0) is 15.4. The molecule has 4 nitrogen and oxygen atoms in total. The van der Waals surface area contributed by atoms with Crippen molar-refractivity contribution in [3.63, 3.8) is 0 Å². The Morgan fingerprint density at radius 2 is 1.90 bits per heavy atom. The molecule has 0 saturated heterocycles. The molecular formula is C16H16FNO3. The van der Waals surface area contributed by atoms with Crippen molar-refractivity contribution < 1.29 is 18.7 Å². The van der Waals surface area contributed by atoms with Crippen LogP contribution in [0.25, 0.3) is 0 Å². The van der Waals surface area contributed by atoms with Crippen molar-refractivity contribution in [2.75, 3.05) is 12.8 Å². The van der Waals surface area contributed by atoms with Gasteiger partial charge in [0.2, 0.25) is 0 Å². The predicted molar refractivity (Wildman–Crippen MR) is 77.7 cm³/mol. The molecule has 110 valence electrons. The minimum absolute atomic E-state index is 0.152. The lowest BCUT2D eigenvalue weighted by Crippen LogP contribution is -2.02. The average molecular weight is 289 g/mol. The van der Waals surface area contributed by atoms with E-state index in [1.807, 2.05) is 0 Å². The predicted octanol–water partition coefficient (Wildman–Crippen LogP) is 3.08. The molecule has 0 spiro atoms. The fraction of sp³-hybridized carbons (Fsp3) is 0.188. The van der Waals surface area contributed by atoms with Crippen molar-refractivity contribution in [1.82, 2.24) is 0 Å². The van der Waals surface area contributed by atoms with Gasteiger partial charge in [0.05, 0.1) is 12.7 Å². The summed E-state index contributed by atoms with van der Waals surface area (Å²) in [4.78, 5) is 11.3. The van der Waals surface area contributed by atoms with E-state index in [-0.39, 0.29) is 12.4 Å². The minimum Gasteiger partial charge on any atom is -0.486 e. The Morgan fingerprint density at radius 1 is 1.24 bits per heavy atom. The number of rotatable bonds is 4. The SMILES string of the molecule is COC(=O)c1ccc(COc2cc(C)c(N)cc2F)cc1. The third-order valence-corrected chi connectivity index (χ3v) is 3.09. The van der Waals surface area contributed by atoms with E-state index in [1.165, 1.54) is 13.2 Å². The van der Waals surface area contributed by atoms with Crippen molar-refractivity contribution in [3.8, 4) is 5.75 Å². The van der Waals surface area contributed by atoms with Crippen molar-refractivity contribution in [3.05, 3.63) is 58.9 Å². The first-order valence-corrected chi connectivity index (χ1v) is 6.37. The minimum atomic E-state index is -0.496. The number of anilines is 1. The number of benzene rings is 2. The normalized spacial score (nSPS) is 10.2. The summed E-state index contributed by atoms with van der Waals surface area (Å²) in [6, 6.07) is 9.53. The van der Waals surface area contributed by atoms with Crippen LogP contribution in [0.2, 0.25) is 0 Å². The molecule has 0 aliphatic rings. The first-order valence-electron chi connectivity index (χ1n) is 6.37. The number of halogens is 1. The molecule has 2 rings (SSSR count). The maximum Gasteiger partial charge on any atom is 0.337 e. The second kappa shape index (κ2) is 6.26. The van der Waals surface area contributed by atoms with E-state index in [2.05, 4.69) is 4.74 Å². The summed E-state index contributed by atoms with van der Waals surface area (Å²) < 4.78 is 23.7. The molecule has 0 radical (unpaired) electrons. The Bertz CT molecular complexity index is 653. The summed E-state index contributed by atoms with van der Waals surface area (Å²) in [6.45, 7) is 1.98. The van der Waals surface area contributed by atoms with Crippen LogP contribution in [0.15, 0.2) is 36.4 Å². The number of nitrogens with two attached hydrogens (primary N) is 1. The van der Waals surface area contributed by atoms with Crippen molar-refractivity contribution in [1.29, 1.82) is 0 Å². The number of ether oxygens (including phenoxy) is 2. The van der Waals surface area contributed by atoms with Gasteiger partial charge in [-0.1, -0.05) is 12.1 Å². The number of carbonyl (C=O) groups excluding carboxylic acids is 1. The van der Waals surface area contributed by atoms with Gasteiger partial charge in [-0.2, -0.15) is 0 Å². The lowest BCUT2D eigenvalue weighted by molar-refractivity contribution is 0.0600. The number of aryl methyl sites for hydroxylation is 1. The van der Waals surface area contributed by atoms with Crippen LogP contribution >= 0.6 is 0 Å². The molecule has 0 fully saturated rings. The van der Waals surface area contributed by atoms with E-state index in [0.29, 0.717) is 11.3 Å². The molecule has 0 aromatic heterocycles. The Hall–Kier alpha value is -2.56. The largest absolute Gasteiger partial charge is 0.486 e. The van der Waals surface area contributed by atoms with Crippen LogP contribution in [0.4, 0.5) is 10.1 Å². The fourth-order valence-electron chi connectivity index (χ4n) is 1.80. The Kier molecular flexibility index (Phi) is 4.42. The highest BCUT2D eigenvalue weighted by atomic mass is 19.1. The molecule has 0 bridgehead atoms. The topological polar surface area (TPSA) is 61.5 Å². The molecule has 2 aromatic carbocycles. The van der Waals surface area contributed by atoms with Crippen LogP contribution in [-0.2, 0) is 11.3 Å². The van der Waals surface area contributed by atoms with Gasteiger partial charge in [-0.3, -0.25) is 0 Å². The van der Waals surface area contributed by atoms with E-state index in [9.17, 15) is 9.18 Å². The van der Waals surface area contributed by atoms with Crippen molar-refractivity contribution >= 4 is 11.7 Å². The maximum absolute atomic E-state index is 13.7. The molecule has 0 atom stereocenters. The third-order valence-electron chi connectivity index (χ3n) is 3.09. The summed E-state index contributed by atoms with van der Waals surface area (Å²) >= 11 is 0. The fourth-order valence-corrected chi connectivity index (χ4v) is 1.80. The summed E-state index contributed by atoms with van der Waals surface area (Å²) in [7, 11) is 1.32. The van der Waals surface area contributed by atoms with E-state index in [0.717, 1.165) is 11.1 Å². The second-order valence-corrected chi connectivity index (χ2v) is 4.62. The van der Waals surface area contributed by atoms with Gasteiger partial charge in [0.15, 0.2) is 11.6 Å². The van der Waals surface area contributed by atoms with Gasteiger partial charge >= 0.3 is 5.97 Å². The molecule has 0 unspecified atom stereocenters. The Balaban J connectivity index is 2.06. The number of hydrogen-bond acceptors (Lipinski definition) is 4. The average Bonchev–Trinajstić information content (AvgIpc) is 2.49. The third kappa shape index (κ3) is 3.51. The number of hydrogen-bond donors (Lipinski definition) is 1. The lowest BCUT2D eigenvalue weighted by atomic mass is 10.1. The van der Waals surface area contributed by atoms with Crippen molar-refractivity contribution in [2.45, 2.75) is 13.5 Å². The highest BCUT2D eigenvalue weighted by molar-refractivity contribution is 5.89. The monoisotopic (exact) mass is 289 g/mol. The molecule has 0 aliphatic heterocycles. The maximum atomic E-state index is 13.7. The highest BCUT2D eigenvalue weighted by Gasteiger charge is 2.08. The summed E-state index contributed by atoms with van der Waals surface area (Å²) in [5.41, 5.74) is 8.03. The second-order valence-electron chi connectivity index (χ2n) is 4.62. The quantitative estimate of drug-likeness (QED) is 0.694. The van der Waals surface area contributed by atoms with E-state index in [1.54, 1.807) is 37.3 Å². The molecule has 2 aromatic rings. The van der Waals surface area contributed by atoms with Crippen molar-refractivity contribution in [2.24, 2.45) is 0 Å². The molecular weight excluding hydrogens is 273 g/mol. The van der Waals surface area contributed by atoms with Gasteiger partial charge < -0.3 is 15.2 Å². The van der Waals surface area contributed by atoms with Crippen LogP contribution in [0.5, 0.6) is 5.75 Å². The van der Waals surface area contributed by atoms with Gasteiger partial charge in [-0.05, 0) is 36.2 Å². The van der Waals surface area contributed by atoms with Gasteiger partial charge in [-0.15, -0.1) is 0 Å². The summed E-state index contributed by atoms with van der Waals surface area (Å²) in [6.07, 6.45) is 0. The number of methoxy groups -OCH3 is 1. The van der Waals surface area contributed by atoms with Crippen LogP contribution in [0, 0.1) is 12.7 Å². The first-order chi connectivity index (χ1) is 10.0. The number of esters is 1. The summed E-state index contributed by atoms with van der Waals surface area (Å²) in [5.74, 6) is -0.745. The number of nitrogen functional groups attached to an aromatic ring is 1. The van der Waals surface area contributed by atoms with Gasteiger partial charge in [0.1, 0.15) is 6.61 Å². The Morgan fingerprint density at radius 3 is 2.52 bits per heavy atom. The first kappa shape index (κ1) is 14.8. The molecule has 0 saturated carbocycles. The zero-order valence-electron chi connectivity index (χ0n) is 11.9. The lowest BCUT2D eigenvalue weighted by Gasteiger charge is -2.10. The van der Waals surface area contributed by atoms with Gasteiger partial charge in [-0.25, -0.2) is 9.18 Å². The molecule has 0 amide bonds. The summed E-state index contributed by atoms with van der Waals surface area (Å²) in [5, 5.41) is 0.